The summed E-state index contributed by atoms with van der Waals surface area (Å²) in [4.78, 5) is 82.9. The number of esters is 1. The van der Waals surface area contributed by atoms with Crippen molar-refractivity contribution in [1.29, 1.82) is 0 Å². The highest BCUT2D eigenvalue weighted by Crippen LogP contribution is 2.22. The Balaban J connectivity index is 1.57. The van der Waals surface area contributed by atoms with Crippen molar-refractivity contribution in [2.75, 3.05) is 19.7 Å². The topological polar surface area (TPSA) is 205 Å². The highest BCUT2D eigenvalue weighted by atomic mass is 16.5. The molecule has 0 bridgehead atoms. The number of hydrogen-bond donors (Lipinski definition) is 6. The molecule has 0 aliphatic carbocycles. The number of nitrogens with one attached hydrogen (secondary N) is 5. The average Bonchev–Trinajstić information content (AvgIpc) is 3.51. The molecule has 4 atom stereocenters. The van der Waals surface area contributed by atoms with Crippen LogP contribution in [0.3, 0.4) is 0 Å². The monoisotopic (exact) mass is 689 g/mol. The maximum atomic E-state index is 14.1. The molecule has 7 N–H and O–H groups in total. The summed E-state index contributed by atoms with van der Waals surface area (Å²) in [5.74, 6) is -2.53. The zero-order valence-electron chi connectivity index (χ0n) is 28.5. The second-order valence-electron chi connectivity index (χ2n) is 12.4. The Hall–Kier alpha value is -5.40. The summed E-state index contributed by atoms with van der Waals surface area (Å²) >= 11 is 0. The maximum Gasteiger partial charge on any atom is 0.328 e. The lowest BCUT2D eigenvalue weighted by Crippen LogP contribution is -2.60. The van der Waals surface area contributed by atoms with Crippen LogP contribution in [0.1, 0.15) is 57.1 Å². The number of amides is 6. The minimum absolute atomic E-state index is 0.0869. The van der Waals surface area contributed by atoms with Crippen molar-refractivity contribution in [2.24, 2.45) is 5.73 Å². The normalized spacial score (nSPS) is 16.0. The average molecular weight is 690 g/mol. The van der Waals surface area contributed by atoms with Crippen LogP contribution < -0.4 is 27.0 Å². The number of aromatic nitrogens is 1. The first-order valence-electron chi connectivity index (χ1n) is 17.0. The quantitative estimate of drug-likeness (QED) is 0.0971. The number of rotatable bonds is 16. The van der Waals surface area contributed by atoms with Crippen molar-refractivity contribution >= 4 is 46.5 Å². The minimum Gasteiger partial charge on any atom is -0.464 e. The van der Waals surface area contributed by atoms with E-state index in [0.29, 0.717) is 32.2 Å². The summed E-state index contributed by atoms with van der Waals surface area (Å²) in [5.41, 5.74) is 7.63. The Morgan fingerprint density at radius 1 is 0.920 bits per heavy atom. The molecule has 2 aromatic carbocycles. The first-order valence-corrected chi connectivity index (χ1v) is 17.0. The summed E-state index contributed by atoms with van der Waals surface area (Å²) < 4.78 is 5.20. The number of H-pyrrole nitrogens is 1. The Morgan fingerprint density at radius 2 is 1.66 bits per heavy atom. The van der Waals surface area contributed by atoms with Crippen LogP contribution in [0, 0.1) is 0 Å². The van der Waals surface area contributed by atoms with Gasteiger partial charge in [0.15, 0.2) is 0 Å². The zero-order chi connectivity index (χ0) is 36.0. The predicted molar refractivity (Wildman–Crippen MR) is 186 cm³/mol. The Kier molecular flexibility index (Phi) is 13.8. The summed E-state index contributed by atoms with van der Waals surface area (Å²) in [6, 6.07) is 12.2. The van der Waals surface area contributed by atoms with E-state index in [1.807, 2.05) is 54.6 Å². The van der Waals surface area contributed by atoms with Crippen LogP contribution in [0.2, 0.25) is 0 Å². The van der Waals surface area contributed by atoms with E-state index in [0.717, 1.165) is 22.0 Å². The van der Waals surface area contributed by atoms with Gasteiger partial charge in [0.25, 0.3) is 0 Å². The lowest BCUT2D eigenvalue weighted by molar-refractivity contribution is -0.148. The van der Waals surface area contributed by atoms with Crippen LogP contribution in [0.25, 0.3) is 10.9 Å². The number of benzene rings is 2. The molecule has 3 aromatic rings. The van der Waals surface area contributed by atoms with Gasteiger partial charge in [0.2, 0.25) is 23.6 Å². The summed E-state index contributed by atoms with van der Waals surface area (Å²) in [6.07, 6.45) is 4.32. The smallest absolute Gasteiger partial charge is 0.328 e. The van der Waals surface area contributed by atoms with Crippen LogP contribution in [-0.4, -0.2) is 89.4 Å². The molecular formula is C36H47N7O7. The van der Waals surface area contributed by atoms with Crippen molar-refractivity contribution in [2.45, 2.75) is 83.0 Å². The molecule has 50 heavy (non-hydrogen) atoms. The van der Waals surface area contributed by atoms with Gasteiger partial charge >= 0.3 is 12.0 Å². The van der Waals surface area contributed by atoms with Crippen molar-refractivity contribution in [3.63, 3.8) is 0 Å². The first-order chi connectivity index (χ1) is 24.1. The number of nitrogens with zero attached hydrogens (tertiary/aromatic N) is 1. The molecule has 4 rings (SSSR count). The van der Waals surface area contributed by atoms with Crippen LogP contribution in [0.4, 0.5) is 4.79 Å². The van der Waals surface area contributed by atoms with Crippen LogP contribution in [-0.2, 0) is 41.6 Å². The first kappa shape index (κ1) is 37.4. The van der Waals surface area contributed by atoms with E-state index >= 15 is 0 Å². The van der Waals surface area contributed by atoms with Gasteiger partial charge in [-0.1, -0.05) is 48.5 Å². The lowest BCUT2D eigenvalue weighted by atomic mass is 9.97. The second kappa shape index (κ2) is 18.4. The van der Waals surface area contributed by atoms with E-state index in [-0.39, 0.29) is 44.2 Å². The Morgan fingerprint density at radius 3 is 2.38 bits per heavy atom. The van der Waals surface area contributed by atoms with Gasteiger partial charge in [-0.2, -0.15) is 0 Å². The molecule has 0 radical (unpaired) electrons. The third kappa shape index (κ3) is 10.5. The third-order valence-corrected chi connectivity index (χ3v) is 8.64. The fourth-order valence-electron chi connectivity index (χ4n) is 6.24. The van der Waals surface area contributed by atoms with Crippen LogP contribution in [0.15, 0.2) is 60.8 Å². The van der Waals surface area contributed by atoms with Gasteiger partial charge in [0, 0.05) is 50.0 Å². The van der Waals surface area contributed by atoms with E-state index in [4.69, 9.17) is 10.5 Å². The van der Waals surface area contributed by atoms with Crippen molar-refractivity contribution < 1.29 is 33.5 Å². The number of carbonyl (C=O) groups is 6. The maximum absolute atomic E-state index is 14.1. The Labute approximate surface area is 291 Å². The van der Waals surface area contributed by atoms with Gasteiger partial charge in [-0.25, -0.2) is 9.59 Å². The molecule has 14 heteroatoms. The molecule has 268 valence electrons. The number of piperidine rings is 1. The van der Waals surface area contributed by atoms with Crippen LogP contribution >= 0.6 is 0 Å². The molecule has 1 saturated heterocycles. The minimum atomic E-state index is -1.13. The fourth-order valence-corrected chi connectivity index (χ4v) is 6.24. The molecule has 0 unspecified atom stereocenters. The number of ether oxygens (including phenoxy) is 1. The SMILES string of the molecule is CCOC(=O)[C@H](CCCNC(N)=O)NC(=O)[C@H](Cc1c[nH]c2ccccc12)NC(=O)[C@@H]1CCCCN1C(=O)[C@H](Cc1ccccc1)NC(C)=O. The van der Waals surface area contributed by atoms with Crippen molar-refractivity contribution in [3.05, 3.63) is 71.9 Å². The van der Waals surface area contributed by atoms with Gasteiger partial charge in [0.1, 0.15) is 24.2 Å². The Bertz CT molecular complexity index is 1640. The standard InChI is InChI=1S/C36H47N7O7/c1-3-50-35(48)28(16-11-18-38-36(37)49)41-32(45)29(21-25-22-39-27-15-8-7-14-26(25)27)42-33(46)31-17-9-10-19-43(31)34(47)30(40-23(2)44)20-24-12-5-4-6-13-24/h4-8,12-15,22,28-31,39H,3,9-11,16-21H2,1-2H3,(H,40,44)(H,41,45)(H,42,46)(H3,37,38,49)/t28-,29-,30-,31-/m0/s1. The van der Waals surface area contributed by atoms with E-state index in [1.54, 1.807) is 13.1 Å². The van der Waals surface area contributed by atoms with Gasteiger partial charge in [-0.15, -0.1) is 0 Å². The molecule has 6 amide bonds. The predicted octanol–water partition coefficient (Wildman–Crippen LogP) is 1.82. The zero-order valence-corrected chi connectivity index (χ0v) is 28.5. The van der Waals surface area contributed by atoms with Gasteiger partial charge in [0.05, 0.1) is 6.61 Å². The molecule has 0 spiro atoms. The number of nitrogens with two attached hydrogens (primary N) is 1. The largest absolute Gasteiger partial charge is 0.464 e. The van der Waals surface area contributed by atoms with E-state index in [1.165, 1.54) is 11.8 Å². The highest BCUT2D eigenvalue weighted by molar-refractivity contribution is 5.96. The molecule has 1 aliphatic heterocycles. The van der Waals surface area contributed by atoms with E-state index in [9.17, 15) is 28.8 Å². The molecule has 0 saturated carbocycles. The van der Waals surface area contributed by atoms with Crippen molar-refractivity contribution in [1.82, 2.24) is 31.2 Å². The fraction of sp³-hybridized carbons (Fsp3) is 0.444. The van der Waals surface area contributed by atoms with Crippen LogP contribution in [0.5, 0.6) is 0 Å². The number of hydrogen-bond acceptors (Lipinski definition) is 7. The number of fused-ring (bicyclic) bond motifs is 1. The van der Waals surface area contributed by atoms with Gasteiger partial charge < -0.3 is 41.6 Å². The molecular weight excluding hydrogens is 642 g/mol. The highest BCUT2D eigenvalue weighted by Gasteiger charge is 2.38. The number of carbonyl (C=O) groups excluding carboxylic acids is 6. The number of aromatic amines is 1. The molecule has 1 aromatic heterocycles. The summed E-state index contributed by atoms with van der Waals surface area (Å²) in [7, 11) is 0. The number of urea groups is 1. The van der Waals surface area contributed by atoms with Crippen molar-refractivity contribution in [3.8, 4) is 0 Å². The van der Waals surface area contributed by atoms with E-state index in [2.05, 4.69) is 26.3 Å². The number of para-hydroxylation sites is 1. The molecule has 1 aliphatic rings. The summed E-state index contributed by atoms with van der Waals surface area (Å²) in [6.45, 7) is 3.59. The third-order valence-electron chi connectivity index (χ3n) is 8.64. The summed E-state index contributed by atoms with van der Waals surface area (Å²) in [5, 5.41) is 11.7. The molecule has 1 fully saturated rings. The van der Waals surface area contributed by atoms with E-state index < -0.39 is 48.0 Å². The second-order valence-corrected chi connectivity index (χ2v) is 12.4. The lowest BCUT2D eigenvalue weighted by Gasteiger charge is -2.37. The molecule has 14 nitrogen and oxygen atoms in total. The van der Waals surface area contributed by atoms with Gasteiger partial charge in [-0.05, 0) is 56.2 Å². The van der Waals surface area contributed by atoms with Gasteiger partial charge in [-0.3, -0.25) is 19.2 Å². The molecule has 2 heterocycles. The number of likely N-dealkylation sites (tertiary alicyclic amines) is 1. The number of primary amides is 1.